The third-order valence-electron chi connectivity index (χ3n) is 2.53. The normalized spacial score (nSPS) is 10.7. The van der Waals surface area contributed by atoms with Crippen LogP contribution in [-0.4, -0.2) is 23.8 Å². The number of rotatable bonds is 5. The highest BCUT2D eigenvalue weighted by molar-refractivity contribution is 7.09. The van der Waals surface area contributed by atoms with E-state index in [-0.39, 0.29) is 6.61 Å². The number of aromatic nitrogens is 1. The lowest BCUT2D eigenvalue weighted by Crippen LogP contribution is -1.93. The minimum Gasteiger partial charge on any atom is -0.389 e. The Hall–Kier alpha value is -1.23. The largest absolute Gasteiger partial charge is 0.389 e. The molecule has 0 aliphatic heterocycles. The van der Waals surface area contributed by atoms with Gasteiger partial charge in [-0.1, -0.05) is 24.3 Å². The van der Waals surface area contributed by atoms with Crippen molar-refractivity contribution in [3.05, 3.63) is 40.2 Å². The van der Waals surface area contributed by atoms with E-state index in [2.05, 4.69) is 29.2 Å². The summed E-state index contributed by atoms with van der Waals surface area (Å²) in [7, 11) is 1.71. The number of thiazole rings is 1. The number of aliphatic hydroxyl groups is 1. The molecule has 1 aromatic carbocycles. The summed E-state index contributed by atoms with van der Waals surface area (Å²) in [6.07, 6.45) is 0.926. The summed E-state index contributed by atoms with van der Waals surface area (Å²) in [6, 6.07) is 8.29. The molecule has 4 heteroatoms. The minimum absolute atomic E-state index is 0.0105. The Kier molecular flexibility index (Phi) is 4.25. The monoisotopic (exact) mass is 249 g/mol. The molecule has 0 radical (unpaired) electrons. The maximum absolute atomic E-state index is 8.97. The van der Waals surface area contributed by atoms with Crippen molar-refractivity contribution < 1.29 is 9.84 Å². The number of hydrogen-bond donors (Lipinski definition) is 1. The third kappa shape index (κ3) is 3.12. The molecule has 90 valence electrons. The van der Waals surface area contributed by atoms with Gasteiger partial charge in [0.05, 0.1) is 18.9 Å². The van der Waals surface area contributed by atoms with Gasteiger partial charge < -0.3 is 9.84 Å². The lowest BCUT2D eigenvalue weighted by atomic mass is 10.1. The Morgan fingerprint density at radius 2 is 2.06 bits per heavy atom. The molecule has 17 heavy (non-hydrogen) atoms. The van der Waals surface area contributed by atoms with Gasteiger partial charge in [-0.25, -0.2) is 4.98 Å². The van der Waals surface area contributed by atoms with Crippen molar-refractivity contribution in [3.63, 3.8) is 0 Å². The van der Waals surface area contributed by atoms with Crippen molar-refractivity contribution in [2.45, 2.75) is 13.0 Å². The van der Waals surface area contributed by atoms with Crippen molar-refractivity contribution in [1.82, 2.24) is 4.98 Å². The van der Waals surface area contributed by atoms with E-state index in [0.29, 0.717) is 0 Å². The van der Waals surface area contributed by atoms with Crippen LogP contribution < -0.4 is 0 Å². The maximum Gasteiger partial charge on any atom is 0.119 e. The molecule has 3 nitrogen and oxygen atoms in total. The Balaban J connectivity index is 2.11. The fraction of sp³-hybridized carbons (Fsp3) is 0.308. The van der Waals surface area contributed by atoms with Gasteiger partial charge in [-0.2, -0.15) is 0 Å². The smallest absolute Gasteiger partial charge is 0.119 e. The first-order chi connectivity index (χ1) is 8.33. The van der Waals surface area contributed by atoms with Gasteiger partial charge in [-0.15, -0.1) is 11.3 Å². The molecule has 0 amide bonds. The molecule has 2 rings (SSSR count). The first-order valence-electron chi connectivity index (χ1n) is 5.47. The standard InChI is InChI=1S/C13H15NO2S/c1-16-7-6-10-2-4-11(5-3-10)12-9-17-13(8-15)14-12/h2-5,9,15H,6-8H2,1H3. The highest BCUT2D eigenvalue weighted by atomic mass is 32.1. The van der Waals surface area contributed by atoms with Gasteiger partial charge >= 0.3 is 0 Å². The van der Waals surface area contributed by atoms with Crippen molar-refractivity contribution in [3.8, 4) is 11.3 Å². The zero-order chi connectivity index (χ0) is 12.1. The van der Waals surface area contributed by atoms with Crippen LogP contribution in [0.25, 0.3) is 11.3 Å². The molecule has 0 atom stereocenters. The van der Waals surface area contributed by atoms with Gasteiger partial charge in [-0.05, 0) is 12.0 Å². The van der Waals surface area contributed by atoms with Crippen LogP contribution in [0.3, 0.4) is 0 Å². The molecule has 0 fully saturated rings. The van der Waals surface area contributed by atoms with Crippen LogP contribution in [0.1, 0.15) is 10.6 Å². The van der Waals surface area contributed by atoms with E-state index in [4.69, 9.17) is 9.84 Å². The fourth-order valence-corrected chi connectivity index (χ4v) is 2.24. The predicted molar refractivity (Wildman–Crippen MR) is 69.1 cm³/mol. The van der Waals surface area contributed by atoms with Crippen molar-refractivity contribution >= 4 is 11.3 Å². The summed E-state index contributed by atoms with van der Waals surface area (Å²) >= 11 is 1.48. The summed E-state index contributed by atoms with van der Waals surface area (Å²) in [6.45, 7) is 0.751. The van der Waals surface area contributed by atoms with Gasteiger partial charge in [-0.3, -0.25) is 0 Å². The van der Waals surface area contributed by atoms with Gasteiger partial charge in [0.15, 0.2) is 0 Å². The van der Waals surface area contributed by atoms with E-state index < -0.39 is 0 Å². The van der Waals surface area contributed by atoms with E-state index in [9.17, 15) is 0 Å². The zero-order valence-electron chi connectivity index (χ0n) is 9.72. The number of aliphatic hydroxyl groups excluding tert-OH is 1. The molecule has 1 aromatic heterocycles. The molecule has 1 N–H and O–H groups in total. The fourth-order valence-electron chi connectivity index (χ4n) is 1.58. The lowest BCUT2D eigenvalue weighted by Gasteiger charge is -2.01. The number of methoxy groups -OCH3 is 1. The highest BCUT2D eigenvalue weighted by Crippen LogP contribution is 2.22. The Labute approximate surface area is 105 Å². The molecule has 0 bridgehead atoms. The second-order valence-electron chi connectivity index (χ2n) is 3.72. The van der Waals surface area contributed by atoms with Crippen LogP contribution in [0.5, 0.6) is 0 Å². The Morgan fingerprint density at radius 3 is 2.65 bits per heavy atom. The third-order valence-corrected chi connectivity index (χ3v) is 3.37. The topological polar surface area (TPSA) is 42.4 Å². The van der Waals surface area contributed by atoms with Crippen molar-refractivity contribution in [2.24, 2.45) is 0 Å². The van der Waals surface area contributed by atoms with Crippen LogP contribution in [0.15, 0.2) is 29.6 Å². The van der Waals surface area contributed by atoms with Gasteiger partial charge in [0.25, 0.3) is 0 Å². The summed E-state index contributed by atoms with van der Waals surface area (Å²) < 4.78 is 5.04. The quantitative estimate of drug-likeness (QED) is 0.885. The minimum atomic E-state index is 0.0105. The SMILES string of the molecule is COCCc1ccc(-c2csc(CO)n2)cc1. The number of hydrogen-bond acceptors (Lipinski definition) is 4. The van der Waals surface area contributed by atoms with E-state index in [1.54, 1.807) is 7.11 Å². The summed E-state index contributed by atoms with van der Waals surface area (Å²) in [5.41, 5.74) is 3.27. The Morgan fingerprint density at radius 1 is 1.29 bits per heavy atom. The molecule has 0 unspecified atom stereocenters. The number of benzene rings is 1. The van der Waals surface area contributed by atoms with Crippen LogP contribution in [0.2, 0.25) is 0 Å². The second kappa shape index (κ2) is 5.91. The van der Waals surface area contributed by atoms with Crippen LogP contribution in [-0.2, 0) is 17.8 Å². The Bertz CT molecular complexity index is 465. The zero-order valence-corrected chi connectivity index (χ0v) is 10.5. The average Bonchev–Trinajstić information content (AvgIpc) is 2.86. The number of ether oxygens (including phenoxy) is 1. The van der Waals surface area contributed by atoms with Crippen LogP contribution >= 0.6 is 11.3 Å². The van der Waals surface area contributed by atoms with Gasteiger partial charge in [0, 0.05) is 18.1 Å². The average molecular weight is 249 g/mol. The van der Waals surface area contributed by atoms with E-state index in [1.165, 1.54) is 16.9 Å². The molecular formula is C13H15NO2S. The molecule has 0 aliphatic rings. The van der Waals surface area contributed by atoms with Crippen LogP contribution in [0.4, 0.5) is 0 Å². The number of nitrogens with zero attached hydrogens (tertiary/aromatic N) is 1. The van der Waals surface area contributed by atoms with Gasteiger partial charge in [0.1, 0.15) is 5.01 Å². The lowest BCUT2D eigenvalue weighted by molar-refractivity contribution is 0.202. The first-order valence-corrected chi connectivity index (χ1v) is 6.35. The molecule has 2 aromatic rings. The van der Waals surface area contributed by atoms with E-state index >= 15 is 0 Å². The van der Waals surface area contributed by atoms with Crippen molar-refractivity contribution in [1.29, 1.82) is 0 Å². The van der Waals surface area contributed by atoms with Gasteiger partial charge in [0.2, 0.25) is 0 Å². The highest BCUT2D eigenvalue weighted by Gasteiger charge is 2.03. The summed E-state index contributed by atoms with van der Waals surface area (Å²) in [5, 5.41) is 11.7. The van der Waals surface area contributed by atoms with E-state index in [0.717, 1.165) is 29.3 Å². The second-order valence-corrected chi connectivity index (χ2v) is 4.67. The first kappa shape index (κ1) is 12.2. The maximum atomic E-state index is 8.97. The molecular weight excluding hydrogens is 234 g/mol. The van der Waals surface area contributed by atoms with Crippen molar-refractivity contribution in [2.75, 3.05) is 13.7 Å². The predicted octanol–water partition coefficient (Wildman–Crippen LogP) is 2.49. The molecule has 0 saturated carbocycles. The summed E-state index contributed by atoms with van der Waals surface area (Å²) in [4.78, 5) is 4.33. The summed E-state index contributed by atoms with van der Waals surface area (Å²) in [5.74, 6) is 0. The molecule has 0 saturated heterocycles. The molecule has 1 heterocycles. The molecule has 0 spiro atoms. The molecule has 0 aliphatic carbocycles. The van der Waals surface area contributed by atoms with E-state index in [1.807, 2.05) is 5.38 Å². The van der Waals surface area contributed by atoms with Crippen LogP contribution in [0, 0.1) is 0 Å².